The van der Waals surface area contributed by atoms with Gasteiger partial charge in [-0.05, 0) is 35.9 Å². The van der Waals surface area contributed by atoms with E-state index in [1.54, 1.807) is 24.3 Å². The van der Waals surface area contributed by atoms with Gasteiger partial charge in [-0.2, -0.15) is 0 Å². The standard InChI is InChI=1S/C15H12O5/c16-14(17)11-6-4-10(5-7-11)9-20-13-3-1-2-12(8-13)15(18)19/h1-8H,9H2,(H,16,17)(H,18,19). The summed E-state index contributed by atoms with van der Waals surface area (Å²) in [6, 6.07) is 12.5. The van der Waals surface area contributed by atoms with E-state index in [9.17, 15) is 9.59 Å². The summed E-state index contributed by atoms with van der Waals surface area (Å²) >= 11 is 0. The van der Waals surface area contributed by atoms with Crippen LogP contribution in [0.1, 0.15) is 26.3 Å². The van der Waals surface area contributed by atoms with Crippen LogP contribution >= 0.6 is 0 Å². The van der Waals surface area contributed by atoms with E-state index in [-0.39, 0.29) is 17.7 Å². The van der Waals surface area contributed by atoms with Crippen LogP contribution in [-0.2, 0) is 6.61 Å². The van der Waals surface area contributed by atoms with Crippen molar-refractivity contribution < 1.29 is 24.5 Å². The lowest BCUT2D eigenvalue weighted by atomic mass is 10.1. The van der Waals surface area contributed by atoms with E-state index in [1.807, 2.05) is 0 Å². The molecule has 0 amide bonds. The molecule has 0 aliphatic carbocycles. The predicted molar refractivity (Wildman–Crippen MR) is 71.1 cm³/mol. The minimum Gasteiger partial charge on any atom is -0.489 e. The minimum atomic E-state index is -1.01. The Kier molecular flexibility index (Phi) is 4.00. The third kappa shape index (κ3) is 3.35. The zero-order chi connectivity index (χ0) is 14.5. The van der Waals surface area contributed by atoms with Gasteiger partial charge in [0, 0.05) is 0 Å². The molecule has 0 radical (unpaired) electrons. The number of rotatable bonds is 5. The molecule has 2 rings (SSSR count). The fourth-order valence-electron chi connectivity index (χ4n) is 1.63. The van der Waals surface area contributed by atoms with Crippen LogP contribution in [0.25, 0.3) is 0 Å². The minimum absolute atomic E-state index is 0.156. The van der Waals surface area contributed by atoms with Crippen molar-refractivity contribution in [2.45, 2.75) is 6.61 Å². The molecular formula is C15H12O5. The van der Waals surface area contributed by atoms with E-state index in [4.69, 9.17) is 14.9 Å². The largest absolute Gasteiger partial charge is 0.489 e. The number of hydrogen-bond donors (Lipinski definition) is 2. The summed E-state index contributed by atoms with van der Waals surface area (Å²) in [5.74, 6) is -1.54. The first-order valence-electron chi connectivity index (χ1n) is 5.84. The second kappa shape index (κ2) is 5.88. The van der Waals surface area contributed by atoms with E-state index in [0.717, 1.165) is 5.56 Å². The number of benzene rings is 2. The van der Waals surface area contributed by atoms with Crippen molar-refractivity contribution in [1.29, 1.82) is 0 Å². The maximum Gasteiger partial charge on any atom is 0.335 e. The van der Waals surface area contributed by atoms with Crippen LogP contribution in [0.3, 0.4) is 0 Å². The monoisotopic (exact) mass is 272 g/mol. The van der Waals surface area contributed by atoms with E-state index < -0.39 is 11.9 Å². The lowest BCUT2D eigenvalue weighted by Gasteiger charge is -2.07. The quantitative estimate of drug-likeness (QED) is 0.874. The topological polar surface area (TPSA) is 83.8 Å². The highest BCUT2D eigenvalue weighted by atomic mass is 16.5. The Morgan fingerprint density at radius 3 is 2.15 bits per heavy atom. The molecule has 0 atom stereocenters. The average molecular weight is 272 g/mol. The number of carbonyl (C=O) groups is 2. The van der Waals surface area contributed by atoms with Gasteiger partial charge in [0.05, 0.1) is 11.1 Å². The zero-order valence-corrected chi connectivity index (χ0v) is 10.4. The lowest BCUT2D eigenvalue weighted by Crippen LogP contribution is -2.00. The van der Waals surface area contributed by atoms with Crippen LogP contribution in [0.5, 0.6) is 5.75 Å². The second-order valence-electron chi connectivity index (χ2n) is 4.12. The molecule has 20 heavy (non-hydrogen) atoms. The molecule has 0 aliphatic rings. The number of hydrogen-bond acceptors (Lipinski definition) is 3. The van der Waals surface area contributed by atoms with Gasteiger partial charge in [-0.1, -0.05) is 18.2 Å². The summed E-state index contributed by atoms with van der Waals surface area (Å²) in [5, 5.41) is 17.6. The molecule has 0 heterocycles. The molecule has 0 unspecified atom stereocenters. The Balaban J connectivity index is 2.03. The number of carboxylic acid groups (broad SMARTS) is 2. The molecule has 0 fully saturated rings. The molecule has 2 aromatic carbocycles. The van der Waals surface area contributed by atoms with E-state index in [2.05, 4.69) is 0 Å². The van der Waals surface area contributed by atoms with Crippen molar-refractivity contribution in [3.05, 3.63) is 65.2 Å². The van der Waals surface area contributed by atoms with E-state index in [1.165, 1.54) is 24.3 Å². The van der Waals surface area contributed by atoms with Gasteiger partial charge in [-0.15, -0.1) is 0 Å². The first-order valence-corrected chi connectivity index (χ1v) is 5.84. The summed E-state index contributed by atoms with van der Waals surface area (Å²) in [4.78, 5) is 21.5. The van der Waals surface area contributed by atoms with Crippen molar-refractivity contribution in [3.63, 3.8) is 0 Å². The molecule has 0 aliphatic heterocycles. The van der Waals surface area contributed by atoms with Crippen LogP contribution < -0.4 is 4.74 Å². The molecule has 0 spiro atoms. The third-order valence-corrected chi connectivity index (χ3v) is 2.69. The Morgan fingerprint density at radius 1 is 0.900 bits per heavy atom. The van der Waals surface area contributed by atoms with Crippen LogP contribution in [0.2, 0.25) is 0 Å². The highest BCUT2D eigenvalue weighted by Crippen LogP contribution is 2.15. The lowest BCUT2D eigenvalue weighted by molar-refractivity contribution is 0.0686. The number of carboxylic acids is 2. The first-order chi connectivity index (χ1) is 9.56. The first kappa shape index (κ1) is 13.6. The summed E-state index contributed by atoms with van der Waals surface area (Å²) in [6.45, 7) is 0.239. The third-order valence-electron chi connectivity index (χ3n) is 2.69. The van der Waals surface area contributed by atoms with Gasteiger partial charge in [-0.3, -0.25) is 0 Å². The highest BCUT2D eigenvalue weighted by Gasteiger charge is 2.05. The Hall–Kier alpha value is -2.82. The number of ether oxygens (including phenoxy) is 1. The fourth-order valence-corrected chi connectivity index (χ4v) is 1.63. The van der Waals surface area contributed by atoms with Crippen molar-refractivity contribution in [3.8, 4) is 5.75 Å². The van der Waals surface area contributed by atoms with Crippen molar-refractivity contribution >= 4 is 11.9 Å². The van der Waals surface area contributed by atoms with E-state index >= 15 is 0 Å². The fraction of sp³-hybridized carbons (Fsp3) is 0.0667. The molecule has 0 bridgehead atoms. The van der Waals surface area contributed by atoms with Gasteiger partial charge in [-0.25, -0.2) is 9.59 Å². The van der Waals surface area contributed by atoms with Gasteiger partial charge in [0.25, 0.3) is 0 Å². The van der Waals surface area contributed by atoms with Crippen molar-refractivity contribution in [2.24, 2.45) is 0 Å². The highest BCUT2D eigenvalue weighted by molar-refractivity contribution is 5.88. The Bertz CT molecular complexity index is 631. The van der Waals surface area contributed by atoms with Gasteiger partial charge in [0.1, 0.15) is 12.4 Å². The Morgan fingerprint density at radius 2 is 1.55 bits per heavy atom. The van der Waals surface area contributed by atoms with Crippen molar-refractivity contribution in [1.82, 2.24) is 0 Å². The normalized spacial score (nSPS) is 10.0. The van der Waals surface area contributed by atoms with Gasteiger partial charge >= 0.3 is 11.9 Å². The average Bonchev–Trinajstić information content (AvgIpc) is 2.46. The smallest absolute Gasteiger partial charge is 0.335 e. The molecule has 0 aromatic heterocycles. The predicted octanol–water partition coefficient (Wildman–Crippen LogP) is 2.66. The Labute approximate surface area is 115 Å². The maximum atomic E-state index is 10.8. The van der Waals surface area contributed by atoms with Crippen LogP contribution in [-0.4, -0.2) is 22.2 Å². The zero-order valence-electron chi connectivity index (χ0n) is 10.4. The van der Waals surface area contributed by atoms with Crippen LogP contribution in [0.15, 0.2) is 48.5 Å². The summed E-state index contributed by atoms with van der Waals surface area (Å²) in [5.41, 5.74) is 1.17. The molecule has 0 saturated heterocycles. The summed E-state index contributed by atoms with van der Waals surface area (Å²) in [7, 11) is 0. The molecule has 102 valence electrons. The van der Waals surface area contributed by atoms with Crippen molar-refractivity contribution in [2.75, 3.05) is 0 Å². The van der Waals surface area contributed by atoms with Gasteiger partial charge in [0.2, 0.25) is 0 Å². The molecule has 0 saturated carbocycles. The molecule has 5 nitrogen and oxygen atoms in total. The second-order valence-corrected chi connectivity index (χ2v) is 4.12. The SMILES string of the molecule is O=C(O)c1ccc(COc2cccc(C(=O)O)c2)cc1. The maximum absolute atomic E-state index is 10.8. The molecule has 2 N–H and O–H groups in total. The molecule has 2 aromatic rings. The van der Waals surface area contributed by atoms with Gasteiger partial charge < -0.3 is 14.9 Å². The molecule has 5 heteroatoms. The summed E-state index contributed by atoms with van der Waals surface area (Å²) < 4.78 is 5.47. The van der Waals surface area contributed by atoms with Crippen LogP contribution in [0.4, 0.5) is 0 Å². The summed E-state index contributed by atoms with van der Waals surface area (Å²) in [6.07, 6.45) is 0. The number of aromatic carboxylic acids is 2. The molecular weight excluding hydrogens is 260 g/mol. The van der Waals surface area contributed by atoms with Gasteiger partial charge in [0.15, 0.2) is 0 Å². The van der Waals surface area contributed by atoms with E-state index in [0.29, 0.717) is 5.75 Å². The van der Waals surface area contributed by atoms with Crippen LogP contribution in [0, 0.1) is 0 Å².